The number of carbonyl (C=O) groups is 2. The number of hydrogen-bond donors (Lipinski definition) is 0. The molecule has 6 heteroatoms. The van der Waals surface area contributed by atoms with Gasteiger partial charge in [0.15, 0.2) is 0 Å². The van der Waals surface area contributed by atoms with Gasteiger partial charge in [0.25, 0.3) is 0 Å². The lowest BCUT2D eigenvalue weighted by Gasteiger charge is -2.12. The summed E-state index contributed by atoms with van der Waals surface area (Å²) in [7, 11) is 0. The number of carbonyl (C=O) groups excluding carboxylic acids is 2. The fraction of sp³-hybridized carbons (Fsp3) is 0.667. The van der Waals surface area contributed by atoms with Crippen LogP contribution in [0.5, 0.6) is 11.5 Å². The van der Waals surface area contributed by atoms with Crippen molar-refractivity contribution >= 4 is 23.1 Å². The fourth-order valence-electron chi connectivity index (χ4n) is 5.15. The molecule has 0 unspecified atom stereocenters. The van der Waals surface area contributed by atoms with Crippen molar-refractivity contribution in [2.24, 2.45) is 0 Å². The van der Waals surface area contributed by atoms with Gasteiger partial charge in [-0.1, -0.05) is 154 Å². The highest BCUT2D eigenvalue weighted by molar-refractivity contribution is 5.95. The number of benzene rings is 2. The van der Waals surface area contributed by atoms with Gasteiger partial charge in [0.2, 0.25) is 0 Å². The molecule has 0 aliphatic rings. The predicted molar refractivity (Wildman–Crippen MR) is 172 cm³/mol. The van der Waals surface area contributed by atoms with Crippen LogP contribution in [0.2, 0.25) is 0 Å². The number of hydrogen-bond acceptors (Lipinski definition) is 6. The third-order valence-corrected chi connectivity index (χ3v) is 7.67. The Morgan fingerprint density at radius 1 is 0.452 bits per heavy atom. The average molecular weight is 585 g/mol. The average Bonchev–Trinajstić information content (AvgIpc) is 3.00. The van der Waals surface area contributed by atoms with Crippen molar-refractivity contribution in [3.05, 3.63) is 36.4 Å². The molecule has 2 rings (SSSR count). The molecule has 0 spiro atoms. The van der Waals surface area contributed by atoms with E-state index in [1.54, 1.807) is 12.1 Å². The van der Waals surface area contributed by atoms with Crippen molar-refractivity contribution in [1.29, 1.82) is 0 Å². The van der Waals surface area contributed by atoms with Gasteiger partial charge in [0.1, 0.15) is 11.5 Å². The minimum absolute atomic E-state index is 0.347. The predicted octanol–water partition coefficient (Wildman–Crippen LogP) is 11.7. The number of fused-ring (bicyclic) bond motifs is 1. The Hall–Kier alpha value is -2.76. The van der Waals surface area contributed by atoms with Crippen LogP contribution in [0, 0.1) is 0 Å². The Balaban J connectivity index is 1.64. The minimum atomic E-state index is -0.722. The molecule has 2 aromatic rings. The minimum Gasteiger partial charge on any atom is -0.434 e. The lowest BCUT2D eigenvalue weighted by Crippen LogP contribution is -2.13. The summed E-state index contributed by atoms with van der Waals surface area (Å²) in [6.45, 7) is 5.18. The molecule has 0 N–H and O–H groups in total. The molecule has 236 valence electrons. The van der Waals surface area contributed by atoms with E-state index in [9.17, 15) is 9.59 Å². The van der Waals surface area contributed by atoms with Crippen molar-refractivity contribution in [2.45, 2.75) is 142 Å². The molecule has 42 heavy (non-hydrogen) atoms. The van der Waals surface area contributed by atoms with Crippen LogP contribution in [0.1, 0.15) is 142 Å². The zero-order chi connectivity index (χ0) is 30.1. The molecule has 0 radical (unpaired) electrons. The van der Waals surface area contributed by atoms with Crippen molar-refractivity contribution in [2.75, 3.05) is 13.2 Å². The summed E-state index contributed by atoms with van der Waals surface area (Å²) in [5, 5.41) is 1.32. The second kappa shape index (κ2) is 23.8. The summed E-state index contributed by atoms with van der Waals surface area (Å²) in [5.41, 5.74) is 0. The molecule has 0 aliphatic carbocycles. The maximum atomic E-state index is 12.3. The molecular weight excluding hydrogens is 528 g/mol. The lowest BCUT2D eigenvalue weighted by molar-refractivity contribution is 0.0958. The maximum absolute atomic E-state index is 12.3. The van der Waals surface area contributed by atoms with Gasteiger partial charge >= 0.3 is 12.3 Å². The molecule has 0 atom stereocenters. The van der Waals surface area contributed by atoms with Crippen LogP contribution < -0.4 is 9.47 Å². The van der Waals surface area contributed by atoms with E-state index in [2.05, 4.69) is 13.8 Å². The lowest BCUT2D eigenvalue weighted by atomic mass is 10.1. The number of unbranched alkanes of at least 4 members (excludes halogenated alkanes) is 18. The Labute approximate surface area is 254 Å². The normalized spacial score (nSPS) is 11.0. The third kappa shape index (κ3) is 16.0. The summed E-state index contributed by atoms with van der Waals surface area (Å²) in [5.74, 6) is 0.731. The monoisotopic (exact) mass is 584 g/mol. The zero-order valence-corrected chi connectivity index (χ0v) is 26.5. The van der Waals surface area contributed by atoms with Gasteiger partial charge in [-0.05, 0) is 25.0 Å². The van der Waals surface area contributed by atoms with Gasteiger partial charge in [-0.25, -0.2) is 9.59 Å². The molecule has 0 saturated carbocycles. The maximum Gasteiger partial charge on any atom is 0.513 e. The molecule has 0 saturated heterocycles. The van der Waals surface area contributed by atoms with Crippen LogP contribution in [0.25, 0.3) is 10.8 Å². The van der Waals surface area contributed by atoms with Crippen molar-refractivity contribution in [1.82, 2.24) is 0 Å². The van der Waals surface area contributed by atoms with Crippen molar-refractivity contribution in [3.8, 4) is 11.5 Å². The Kier molecular flexibility index (Phi) is 20.1. The molecule has 0 amide bonds. The van der Waals surface area contributed by atoms with Crippen molar-refractivity contribution < 1.29 is 28.5 Å². The van der Waals surface area contributed by atoms with Gasteiger partial charge in [-0.2, -0.15) is 0 Å². The zero-order valence-electron chi connectivity index (χ0n) is 26.5. The summed E-state index contributed by atoms with van der Waals surface area (Å²) < 4.78 is 21.6. The van der Waals surface area contributed by atoms with Gasteiger partial charge < -0.3 is 18.9 Å². The molecule has 0 heterocycles. The van der Waals surface area contributed by atoms with Gasteiger partial charge in [-0.15, -0.1) is 0 Å². The molecule has 6 nitrogen and oxygen atoms in total. The van der Waals surface area contributed by atoms with Crippen LogP contribution in [0.4, 0.5) is 9.59 Å². The number of ether oxygens (including phenoxy) is 4. The van der Waals surface area contributed by atoms with E-state index >= 15 is 0 Å². The second-order valence-corrected chi connectivity index (χ2v) is 11.4. The topological polar surface area (TPSA) is 71.1 Å². The Bertz CT molecular complexity index is 910. The third-order valence-electron chi connectivity index (χ3n) is 7.67. The molecule has 0 fully saturated rings. The van der Waals surface area contributed by atoms with Gasteiger partial charge in [-0.3, -0.25) is 0 Å². The summed E-state index contributed by atoms with van der Waals surface area (Å²) in [4.78, 5) is 24.6. The van der Waals surface area contributed by atoms with Crippen LogP contribution in [-0.4, -0.2) is 25.5 Å². The molecule has 0 bridgehead atoms. The van der Waals surface area contributed by atoms with Crippen LogP contribution in [0.15, 0.2) is 36.4 Å². The smallest absolute Gasteiger partial charge is 0.434 e. The van der Waals surface area contributed by atoms with Crippen LogP contribution in [0.3, 0.4) is 0 Å². The molecule has 2 aromatic carbocycles. The first kappa shape index (κ1) is 35.4. The second-order valence-electron chi connectivity index (χ2n) is 11.4. The largest absolute Gasteiger partial charge is 0.513 e. The van der Waals surface area contributed by atoms with Crippen LogP contribution >= 0.6 is 0 Å². The van der Waals surface area contributed by atoms with E-state index in [0.717, 1.165) is 25.7 Å². The van der Waals surface area contributed by atoms with E-state index in [4.69, 9.17) is 18.9 Å². The highest BCUT2D eigenvalue weighted by Gasteiger charge is 2.15. The highest BCUT2D eigenvalue weighted by Crippen LogP contribution is 2.33. The van der Waals surface area contributed by atoms with E-state index in [1.807, 2.05) is 24.3 Å². The van der Waals surface area contributed by atoms with Gasteiger partial charge in [0, 0.05) is 10.8 Å². The summed E-state index contributed by atoms with van der Waals surface area (Å²) in [6.07, 6.45) is 23.0. The summed E-state index contributed by atoms with van der Waals surface area (Å²) in [6, 6.07) is 10.6. The Morgan fingerprint density at radius 2 is 0.762 bits per heavy atom. The summed E-state index contributed by atoms with van der Waals surface area (Å²) >= 11 is 0. The SMILES string of the molecule is CCCCCCCCCCCCOC(=O)Oc1ccc(OC(=O)OCCCCCCCCCCCC)c2ccccc12. The van der Waals surface area contributed by atoms with Crippen molar-refractivity contribution in [3.63, 3.8) is 0 Å². The highest BCUT2D eigenvalue weighted by atomic mass is 16.7. The van der Waals surface area contributed by atoms with E-state index in [0.29, 0.717) is 35.5 Å². The first-order chi connectivity index (χ1) is 20.7. The molecule has 0 aliphatic heterocycles. The van der Waals surface area contributed by atoms with E-state index < -0.39 is 12.3 Å². The quantitative estimate of drug-likeness (QED) is 0.0694. The standard InChI is InChI=1S/C36H56O6/c1-3-5-7-9-11-13-15-17-19-23-29-39-35(37)41-33-27-28-34(32-26-22-21-25-31(32)33)42-36(38)40-30-24-20-18-16-14-12-10-8-6-4-2/h21-22,25-28H,3-20,23-24,29-30H2,1-2H3. The van der Waals surface area contributed by atoms with E-state index in [1.165, 1.54) is 103 Å². The van der Waals surface area contributed by atoms with Gasteiger partial charge in [0.05, 0.1) is 13.2 Å². The Morgan fingerprint density at radius 3 is 1.10 bits per heavy atom. The molecule has 0 aromatic heterocycles. The van der Waals surface area contributed by atoms with E-state index in [-0.39, 0.29) is 0 Å². The first-order valence-corrected chi connectivity index (χ1v) is 16.9. The first-order valence-electron chi connectivity index (χ1n) is 16.9. The number of rotatable bonds is 24. The molecular formula is C36H56O6. The van der Waals surface area contributed by atoms with Crippen LogP contribution in [-0.2, 0) is 9.47 Å². The fourth-order valence-corrected chi connectivity index (χ4v) is 5.15.